The Hall–Kier alpha value is -4.38. The number of halogens is 9. The summed E-state index contributed by atoms with van der Waals surface area (Å²) in [5.74, 6) is 1.46. The molecular weight excluding hydrogens is 882 g/mol. The number of rotatable bonds is 10. The maximum Gasteiger partial charge on any atom is 0.524 e. The first-order valence-corrected chi connectivity index (χ1v) is 21.0. The molecule has 0 radical (unpaired) electrons. The van der Waals surface area contributed by atoms with Crippen LogP contribution in [-0.4, -0.2) is 88.6 Å². The summed E-state index contributed by atoms with van der Waals surface area (Å²) in [6.45, 7) is 1.58. The van der Waals surface area contributed by atoms with E-state index in [1.807, 2.05) is 51.2 Å². The van der Waals surface area contributed by atoms with Gasteiger partial charge < -0.3 is 10.8 Å². The van der Waals surface area contributed by atoms with E-state index in [0.717, 1.165) is 43.8 Å². The second-order valence-electron chi connectivity index (χ2n) is 12.6. The molecule has 3 aliphatic rings. The summed E-state index contributed by atoms with van der Waals surface area (Å²) in [6, 6.07) is 11.9. The van der Waals surface area contributed by atoms with Crippen LogP contribution < -0.4 is 5.73 Å². The Labute approximate surface area is 331 Å². The van der Waals surface area contributed by atoms with Crippen LogP contribution in [0.25, 0.3) is 0 Å². The highest BCUT2D eigenvalue weighted by atomic mass is 32.3. The molecule has 330 valence electrons. The van der Waals surface area contributed by atoms with Crippen molar-refractivity contribution < 1.29 is 77.7 Å². The van der Waals surface area contributed by atoms with Crippen molar-refractivity contribution in [2.45, 2.75) is 86.8 Å². The third-order valence-corrected chi connectivity index (χ3v) is 10.8. The first-order valence-electron chi connectivity index (χ1n) is 16.8. The van der Waals surface area contributed by atoms with Crippen LogP contribution >= 0.6 is 0 Å². The molecule has 3 saturated carbocycles. The summed E-state index contributed by atoms with van der Waals surface area (Å²) in [4.78, 5) is 7.95. The number of anilines is 1. The van der Waals surface area contributed by atoms with Gasteiger partial charge in [0.25, 0.3) is 0 Å². The summed E-state index contributed by atoms with van der Waals surface area (Å²) in [6.07, 6.45) is 17.2. The average molecular weight is 918 g/mol. The molecule has 0 aliphatic heterocycles. The molecule has 16 nitrogen and oxygen atoms in total. The monoisotopic (exact) mass is 917 g/mol. The Bertz CT molecular complexity index is 2190. The maximum absolute atomic E-state index is 11.5. The zero-order valence-electron chi connectivity index (χ0n) is 30.1. The van der Waals surface area contributed by atoms with Crippen LogP contribution in [0.2, 0.25) is 0 Å². The van der Waals surface area contributed by atoms with E-state index in [9.17, 15) is 64.8 Å². The SMILES string of the molecule is Nc1ccn(Cc2ccncc2)n1.O=S(=O)(OC1CC1)C(F)(F)F.O=S(=O)(OS(=O)(=O)C(F)(F)F)C(F)(F)F.OC1CC1.c1cc(Cn2ccc(CC3CC3)n2)ccn1. The largest absolute Gasteiger partial charge is 0.524 e. The lowest BCUT2D eigenvalue weighted by molar-refractivity contribution is -0.0586. The number of aliphatic hydroxyl groups excluding tert-OH is 1. The van der Waals surface area contributed by atoms with Gasteiger partial charge in [-0.2, -0.15) is 75.0 Å². The van der Waals surface area contributed by atoms with Gasteiger partial charge in [0, 0.05) is 37.2 Å². The van der Waals surface area contributed by atoms with Gasteiger partial charge in [0.05, 0.1) is 31.0 Å². The van der Waals surface area contributed by atoms with E-state index in [4.69, 9.17) is 10.8 Å². The van der Waals surface area contributed by atoms with Gasteiger partial charge in [-0.05, 0) is 98.4 Å². The van der Waals surface area contributed by atoms with Crippen molar-refractivity contribution in [3.05, 3.63) is 90.4 Å². The molecule has 28 heteroatoms. The molecule has 3 fully saturated rings. The molecule has 0 unspecified atom stereocenters. The summed E-state index contributed by atoms with van der Waals surface area (Å²) >= 11 is 0. The molecule has 0 bridgehead atoms. The normalized spacial score (nSPS) is 15.8. The molecule has 59 heavy (non-hydrogen) atoms. The topological polar surface area (TPSA) is 229 Å². The molecule has 0 spiro atoms. The van der Waals surface area contributed by atoms with E-state index in [0.29, 0.717) is 18.7 Å². The maximum atomic E-state index is 11.5. The molecule has 7 rings (SSSR count). The summed E-state index contributed by atoms with van der Waals surface area (Å²) < 4.78 is 172. The molecule has 0 aromatic carbocycles. The van der Waals surface area contributed by atoms with Crippen LogP contribution in [-0.2, 0) is 57.7 Å². The Morgan fingerprint density at radius 3 is 1.37 bits per heavy atom. The zero-order valence-corrected chi connectivity index (χ0v) is 32.6. The number of nitrogens with two attached hydrogens (primary N) is 1. The average Bonchev–Trinajstić information content (AvgIpc) is 4.07. The van der Waals surface area contributed by atoms with Gasteiger partial charge in [0.1, 0.15) is 5.82 Å². The lowest BCUT2D eigenvalue weighted by atomic mass is 10.2. The molecule has 0 saturated heterocycles. The molecule has 3 aliphatic carbocycles. The van der Waals surface area contributed by atoms with Crippen molar-refractivity contribution in [3.8, 4) is 0 Å². The van der Waals surface area contributed by atoms with E-state index >= 15 is 0 Å². The number of hydrogen-bond donors (Lipinski definition) is 2. The Balaban J connectivity index is 0.000000205. The van der Waals surface area contributed by atoms with Crippen LogP contribution in [0, 0.1) is 5.92 Å². The standard InChI is InChI=1S/C13H15N3.C9H10N4.C4H5F3O3S.C3H6O.C2F6O5S2/c1-2-11(1)9-13-5-8-16(15-13)10-12-3-6-14-7-4-12;10-9-3-6-13(12-9)7-8-1-4-11-5-2-8;5-4(6,7)11(8,9)10-3-1-2-3;4-3-1-2-3;3-1(4,5)14(9,10)13-15(11,12)2(6,7)8/h3-8,11H,1-2,9-10H2;1-6H,7H2,(H2,10,12);3H,1-2H2;3-4H,1-2H2;. The summed E-state index contributed by atoms with van der Waals surface area (Å²) in [5, 5.41) is 16.8. The van der Waals surface area contributed by atoms with E-state index in [2.05, 4.69) is 36.6 Å². The Morgan fingerprint density at radius 2 is 1.03 bits per heavy atom. The van der Waals surface area contributed by atoms with Crippen LogP contribution in [0.15, 0.2) is 73.6 Å². The third-order valence-electron chi connectivity index (χ3n) is 7.10. The Morgan fingerprint density at radius 1 is 0.627 bits per heavy atom. The molecule has 4 aromatic heterocycles. The second-order valence-corrected chi connectivity index (χ2v) is 17.4. The fraction of sp³-hybridized carbons (Fsp3) is 0.484. The molecule has 3 N–H and O–H groups in total. The molecule has 0 atom stereocenters. The predicted molar refractivity (Wildman–Crippen MR) is 187 cm³/mol. The summed E-state index contributed by atoms with van der Waals surface area (Å²) in [5.41, 5.74) is -8.67. The van der Waals surface area contributed by atoms with E-state index in [-0.39, 0.29) is 6.10 Å². The first kappa shape index (κ1) is 49.0. The van der Waals surface area contributed by atoms with E-state index in [1.54, 1.807) is 23.1 Å². The molecule has 0 amide bonds. The number of nitrogens with zero attached hydrogens (tertiary/aromatic N) is 6. The first-order chi connectivity index (χ1) is 27.2. The van der Waals surface area contributed by atoms with Crippen molar-refractivity contribution in [3.63, 3.8) is 0 Å². The van der Waals surface area contributed by atoms with Gasteiger partial charge in [-0.1, -0.05) is 0 Å². The minimum Gasteiger partial charge on any atom is -0.393 e. The van der Waals surface area contributed by atoms with Gasteiger partial charge in [-0.25, -0.2) is 0 Å². The van der Waals surface area contributed by atoms with Crippen molar-refractivity contribution in [2.75, 3.05) is 5.73 Å². The van der Waals surface area contributed by atoms with Crippen molar-refractivity contribution >= 4 is 36.2 Å². The van der Waals surface area contributed by atoms with Gasteiger partial charge in [0.2, 0.25) is 0 Å². The molecule has 4 heterocycles. The fourth-order valence-electron chi connectivity index (χ4n) is 3.70. The number of pyridine rings is 2. The highest BCUT2D eigenvalue weighted by Crippen LogP contribution is 2.34. The van der Waals surface area contributed by atoms with Gasteiger partial charge in [-0.15, -0.1) is 3.63 Å². The van der Waals surface area contributed by atoms with E-state index < -0.39 is 53.0 Å². The fourth-order valence-corrected chi connectivity index (χ4v) is 5.92. The van der Waals surface area contributed by atoms with Crippen molar-refractivity contribution in [1.82, 2.24) is 29.5 Å². The molecular formula is C31H36F9N7O9S3. The smallest absolute Gasteiger partial charge is 0.393 e. The highest BCUT2D eigenvalue weighted by molar-refractivity contribution is 8.00. The number of hydrogen-bond acceptors (Lipinski definition) is 14. The molecule has 4 aromatic rings. The highest BCUT2D eigenvalue weighted by Gasteiger charge is 2.57. The lowest BCUT2D eigenvalue weighted by Crippen LogP contribution is -2.34. The zero-order chi connectivity index (χ0) is 44.3. The summed E-state index contributed by atoms with van der Waals surface area (Å²) in [7, 11) is -19.0. The number of aliphatic hydroxyl groups is 1. The van der Waals surface area contributed by atoms with Crippen molar-refractivity contribution in [1.29, 1.82) is 0 Å². The number of aromatic nitrogens is 6. The number of alkyl halides is 9. The van der Waals surface area contributed by atoms with Crippen LogP contribution in [0.5, 0.6) is 0 Å². The van der Waals surface area contributed by atoms with Gasteiger partial charge in [-0.3, -0.25) is 23.5 Å². The van der Waals surface area contributed by atoms with E-state index in [1.165, 1.54) is 24.1 Å². The van der Waals surface area contributed by atoms with Crippen LogP contribution in [0.3, 0.4) is 0 Å². The lowest BCUT2D eigenvalue weighted by Gasteiger charge is -2.09. The predicted octanol–water partition coefficient (Wildman–Crippen LogP) is 5.05. The van der Waals surface area contributed by atoms with Crippen LogP contribution in [0.4, 0.5) is 45.3 Å². The Kier molecular flexibility index (Phi) is 16.8. The minimum atomic E-state index is -6.85. The van der Waals surface area contributed by atoms with Gasteiger partial charge >= 0.3 is 46.9 Å². The van der Waals surface area contributed by atoms with Crippen LogP contribution in [0.1, 0.15) is 55.3 Å². The van der Waals surface area contributed by atoms with Crippen molar-refractivity contribution in [2.24, 2.45) is 5.92 Å². The quantitative estimate of drug-likeness (QED) is 0.121. The third kappa shape index (κ3) is 18.2. The number of nitrogen functional groups attached to an aromatic ring is 1. The second kappa shape index (κ2) is 20.3. The van der Waals surface area contributed by atoms with Gasteiger partial charge in [0.15, 0.2) is 0 Å². The minimum absolute atomic E-state index is 0.0833.